The molecule has 1 amide bonds. The molecule has 0 aromatic carbocycles. The van der Waals surface area contributed by atoms with Crippen LogP contribution in [0.4, 0.5) is 5.82 Å². The maximum absolute atomic E-state index is 12.7. The van der Waals surface area contributed by atoms with E-state index < -0.39 is 0 Å². The molecule has 1 atom stereocenters. The molecule has 0 N–H and O–H groups in total. The van der Waals surface area contributed by atoms with E-state index in [1.165, 1.54) is 5.56 Å². The Kier molecular flexibility index (Phi) is 5.06. The normalized spacial score (nSPS) is 17.6. The monoisotopic (exact) mass is 341 g/mol. The van der Waals surface area contributed by atoms with Crippen LogP contribution in [0.1, 0.15) is 35.7 Å². The zero-order chi connectivity index (χ0) is 18.0. The van der Waals surface area contributed by atoms with E-state index >= 15 is 0 Å². The minimum absolute atomic E-state index is 0.151. The molecule has 0 aliphatic carbocycles. The lowest BCUT2D eigenvalue weighted by Gasteiger charge is -2.33. The van der Waals surface area contributed by atoms with Gasteiger partial charge in [0.05, 0.1) is 5.69 Å². The molecule has 1 saturated heterocycles. The molecule has 6 nitrogen and oxygen atoms in total. The van der Waals surface area contributed by atoms with Gasteiger partial charge in [0, 0.05) is 45.0 Å². The van der Waals surface area contributed by atoms with Crippen LogP contribution in [0.5, 0.6) is 0 Å². The average Bonchev–Trinajstić information content (AvgIpc) is 2.92. The third-order valence-corrected chi connectivity index (χ3v) is 4.86. The summed E-state index contributed by atoms with van der Waals surface area (Å²) >= 11 is 0. The molecule has 2 aromatic heterocycles. The van der Waals surface area contributed by atoms with Crippen LogP contribution in [-0.4, -0.2) is 52.8 Å². The second-order valence-electron chi connectivity index (χ2n) is 7.11. The number of hydrogen-bond acceptors (Lipinski definition) is 4. The van der Waals surface area contributed by atoms with Crippen molar-refractivity contribution in [3.8, 4) is 0 Å². The SMILES string of the molecule is Cc1cc(C)n(CC(=O)N2CCCC(c3ccnc(N(C)C)c3)C2)n1. The van der Waals surface area contributed by atoms with Crippen LogP contribution in [0.3, 0.4) is 0 Å². The molecule has 0 spiro atoms. The highest BCUT2D eigenvalue weighted by atomic mass is 16.2. The molecule has 1 fully saturated rings. The van der Waals surface area contributed by atoms with Gasteiger partial charge in [-0.2, -0.15) is 5.10 Å². The Morgan fingerprint density at radius 2 is 2.12 bits per heavy atom. The van der Waals surface area contributed by atoms with Crippen molar-refractivity contribution in [2.45, 2.75) is 39.2 Å². The lowest BCUT2D eigenvalue weighted by Crippen LogP contribution is -2.41. The number of anilines is 1. The Bertz CT molecular complexity index is 752. The van der Waals surface area contributed by atoms with E-state index in [0.29, 0.717) is 12.5 Å². The van der Waals surface area contributed by atoms with Gasteiger partial charge in [0.2, 0.25) is 5.91 Å². The van der Waals surface area contributed by atoms with E-state index in [1.54, 1.807) is 4.68 Å². The number of aromatic nitrogens is 3. The number of rotatable bonds is 4. The van der Waals surface area contributed by atoms with Crippen molar-refractivity contribution >= 4 is 11.7 Å². The minimum Gasteiger partial charge on any atom is -0.363 e. The Morgan fingerprint density at radius 1 is 1.32 bits per heavy atom. The Balaban J connectivity index is 1.69. The number of carbonyl (C=O) groups excluding carboxylic acids is 1. The van der Waals surface area contributed by atoms with E-state index in [1.807, 2.05) is 50.0 Å². The third kappa shape index (κ3) is 4.00. The highest BCUT2D eigenvalue weighted by Crippen LogP contribution is 2.28. The first-order valence-electron chi connectivity index (χ1n) is 8.86. The van der Waals surface area contributed by atoms with E-state index in [-0.39, 0.29) is 5.91 Å². The van der Waals surface area contributed by atoms with Crippen LogP contribution in [0.25, 0.3) is 0 Å². The van der Waals surface area contributed by atoms with Crippen LogP contribution in [0.15, 0.2) is 24.4 Å². The fourth-order valence-electron chi connectivity index (χ4n) is 3.47. The minimum atomic E-state index is 0.151. The summed E-state index contributed by atoms with van der Waals surface area (Å²) in [5.74, 6) is 1.49. The molecule has 3 rings (SSSR count). The fraction of sp³-hybridized carbons (Fsp3) is 0.526. The molecule has 6 heteroatoms. The van der Waals surface area contributed by atoms with Gasteiger partial charge in [0.15, 0.2) is 0 Å². The largest absolute Gasteiger partial charge is 0.363 e. The molecule has 1 aliphatic heterocycles. The second kappa shape index (κ2) is 7.25. The summed E-state index contributed by atoms with van der Waals surface area (Å²) in [7, 11) is 3.99. The van der Waals surface area contributed by atoms with Crippen molar-refractivity contribution in [3.63, 3.8) is 0 Å². The number of pyridine rings is 1. The van der Waals surface area contributed by atoms with Crippen LogP contribution >= 0.6 is 0 Å². The van der Waals surface area contributed by atoms with E-state index in [9.17, 15) is 4.79 Å². The first-order valence-corrected chi connectivity index (χ1v) is 8.86. The number of nitrogens with zero attached hydrogens (tertiary/aromatic N) is 5. The summed E-state index contributed by atoms with van der Waals surface area (Å²) in [6, 6.07) is 6.22. The van der Waals surface area contributed by atoms with Gasteiger partial charge in [-0.25, -0.2) is 4.98 Å². The molecule has 1 unspecified atom stereocenters. The molecule has 0 bridgehead atoms. The summed E-state index contributed by atoms with van der Waals surface area (Å²) in [5, 5.41) is 4.41. The van der Waals surface area contributed by atoms with Crippen molar-refractivity contribution in [1.82, 2.24) is 19.7 Å². The number of likely N-dealkylation sites (tertiary alicyclic amines) is 1. The van der Waals surface area contributed by atoms with Gasteiger partial charge in [0.1, 0.15) is 12.4 Å². The van der Waals surface area contributed by atoms with Crippen molar-refractivity contribution in [3.05, 3.63) is 41.3 Å². The molecule has 0 radical (unpaired) electrons. The average molecular weight is 341 g/mol. The number of piperidine rings is 1. The molecule has 1 aliphatic rings. The summed E-state index contributed by atoms with van der Waals surface area (Å²) in [6.45, 7) is 5.88. The Labute approximate surface area is 149 Å². The summed E-state index contributed by atoms with van der Waals surface area (Å²) in [6.07, 6.45) is 4.01. The van der Waals surface area contributed by atoms with E-state index in [2.05, 4.69) is 22.2 Å². The second-order valence-corrected chi connectivity index (χ2v) is 7.11. The Morgan fingerprint density at radius 3 is 2.80 bits per heavy atom. The number of hydrogen-bond donors (Lipinski definition) is 0. The van der Waals surface area contributed by atoms with Crippen LogP contribution in [0, 0.1) is 13.8 Å². The zero-order valence-corrected chi connectivity index (χ0v) is 15.6. The van der Waals surface area contributed by atoms with Gasteiger partial charge < -0.3 is 9.80 Å². The maximum Gasteiger partial charge on any atom is 0.244 e. The molecule has 2 aromatic rings. The highest BCUT2D eigenvalue weighted by molar-refractivity contribution is 5.76. The molecule has 3 heterocycles. The first kappa shape index (κ1) is 17.5. The zero-order valence-electron chi connectivity index (χ0n) is 15.6. The molecular weight excluding hydrogens is 314 g/mol. The standard InChI is InChI=1S/C19H27N5O/c1-14-10-15(2)24(21-14)13-19(25)23-9-5-6-17(12-23)16-7-8-20-18(11-16)22(3)4/h7-8,10-11,17H,5-6,9,12-13H2,1-4H3. The third-order valence-electron chi connectivity index (χ3n) is 4.86. The van der Waals surface area contributed by atoms with E-state index in [4.69, 9.17) is 0 Å². The van der Waals surface area contributed by atoms with Gasteiger partial charge in [-0.15, -0.1) is 0 Å². The highest BCUT2D eigenvalue weighted by Gasteiger charge is 2.25. The summed E-state index contributed by atoms with van der Waals surface area (Å²) < 4.78 is 1.80. The predicted molar refractivity (Wildman–Crippen MR) is 98.8 cm³/mol. The topological polar surface area (TPSA) is 54.3 Å². The predicted octanol–water partition coefficient (Wildman–Crippen LogP) is 2.37. The van der Waals surface area contributed by atoms with Crippen LogP contribution < -0.4 is 4.90 Å². The van der Waals surface area contributed by atoms with Gasteiger partial charge in [0.25, 0.3) is 0 Å². The van der Waals surface area contributed by atoms with Crippen molar-refractivity contribution in [2.75, 3.05) is 32.1 Å². The quantitative estimate of drug-likeness (QED) is 0.857. The van der Waals surface area contributed by atoms with Crippen molar-refractivity contribution < 1.29 is 4.79 Å². The molecule has 0 saturated carbocycles. The smallest absolute Gasteiger partial charge is 0.244 e. The van der Waals surface area contributed by atoms with Crippen molar-refractivity contribution in [1.29, 1.82) is 0 Å². The van der Waals surface area contributed by atoms with E-state index in [0.717, 1.165) is 43.1 Å². The fourth-order valence-corrected chi connectivity index (χ4v) is 3.47. The molecule has 134 valence electrons. The Hall–Kier alpha value is -2.37. The lowest BCUT2D eigenvalue weighted by atomic mass is 9.91. The molecule has 25 heavy (non-hydrogen) atoms. The van der Waals surface area contributed by atoms with Crippen LogP contribution in [-0.2, 0) is 11.3 Å². The summed E-state index contributed by atoms with van der Waals surface area (Å²) in [4.78, 5) is 21.1. The van der Waals surface area contributed by atoms with Crippen molar-refractivity contribution in [2.24, 2.45) is 0 Å². The number of carbonyl (C=O) groups is 1. The first-order chi connectivity index (χ1) is 11.9. The lowest BCUT2D eigenvalue weighted by molar-refractivity contribution is -0.133. The molecular formula is C19H27N5O. The maximum atomic E-state index is 12.7. The van der Waals surface area contributed by atoms with Gasteiger partial charge in [-0.05, 0) is 50.5 Å². The van der Waals surface area contributed by atoms with Gasteiger partial charge in [-0.3, -0.25) is 9.48 Å². The van der Waals surface area contributed by atoms with Crippen LogP contribution in [0.2, 0.25) is 0 Å². The number of amides is 1. The number of aryl methyl sites for hydroxylation is 2. The van der Waals surface area contributed by atoms with Gasteiger partial charge in [-0.1, -0.05) is 0 Å². The van der Waals surface area contributed by atoms with Gasteiger partial charge >= 0.3 is 0 Å². The summed E-state index contributed by atoms with van der Waals surface area (Å²) in [5.41, 5.74) is 3.25.